The van der Waals surface area contributed by atoms with Gasteiger partial charge in [0.05, 0.1) is 12.5 Å². The summed E-state index contributed by atoms with van der Waals surface area (Å²) < 4.78 is 5.16. The predicted molar refractivity (Wildman–Crippen MR) is 67.7 cm³/mol. The molecule has 2 heterocycles. The van der Waals surface area contributed by atoms with Gasteiger partial charge < -0.3 is 9.73 Å². The van der Waals surface area contributed by atoms with E-state index in [4.69, 9.17) is 4.42 Å². The standard InChI is InChI=1S/C14H22N2O/c1-11-7-15-14(2,13-3-4-13)10-16(11)8-12-5-6-17-9-12/h5-6,9,11,13,15H,3-4,7-8,10H2,1-2H3. The summed E-state index contributed by atoms with van der Waals surface area (Å²) in [5, 5.41) is 3.75. The maximum atomic E-state index is 5.16. The molecule has 3 rings (SSSR count). The lowest BCUT2D eigenvalue weighted by Crippen LogP contribution is -2.62. The fourth-order valence-electron chi connectivity index (χ4n) is 2.97. The molecule has 0 spiro atoms. The van der Waals surface area contributed by atoms with E-state index in [9.17, 15) is 0 Å². The van der Waals surface area contributed by atoms with Crippen molar-refractivity contribution in [2.45, 2.75) is 44.8 Å². The summed E-state index contributed by atoms with van der Waals surface area (Å²) in [5.74, 6) is 0.891. The number of nitrogens with one attached hydrogen (secondary N) is 1. The van der Waals surface area contributed by atoms with Gasteiger partial charge in [-0.05, 0) is 38.7 Å². The Balaban J connectivity index is 1.69. The van der Waals surface area contributed by atoms with Gasteiger partial charge in [0.2, 0.25) is 0 Å². The summed E-state index contributed by atoms with van der Waals surface area (Å²) in [6.07, 6.45) is 6.43. The van der Waals surface area contributed by atoms with Crippen LogP contribution < -0.4 is 5.32 Å². The third-order valence-corrected chi connectivity index (χ3v) is 4.40. The Morgan fingerprint density at radius 1 is 1.53 bits per heavy atom. The Morgan fingerprint density at radius 3 is 3.00 bits per heavy atom. The first kappa shape index (κ1) is 11.3. The van der Waals surface area contributed by atoms with Crippen LogP contribution >= 0.6 is 0 Å². The average molecular weight is 234 g/mol. The molecule has 0 radical (unpaired) electrons. The largest absolute Gasteiger partial charge is 0.472 e. The number of hydrogen-bond donors (Lipinski definition) is 1. The molecule has 1 N–H and O–H groups in total. The molecule has 3 nitrogen and oxygen atoms in total. The average Bonchev–Trinajstić information content (AvgIpc) is 3.05. The molecule has 0 bridgehead atoms. The van der Waals surface area contributed by atoms with Crippen LogP contribution in [0.3, 0.4) is 0 Å². The van der Waals surface area contributed by atoms with Crippen LogP contribution in [0, 0.1) is 5.92 Å². The van der Waals surface area contributed by atoms with E-state index in [0.29, 0.717) is 11.6 Å². The first-order valence-corrected chi connectivity index (χ1v) is 6.67. The zero-order chi connectivity index (χ0) is 11.9. The van der Waals surface area contributed by atoms with Gasteiger partial charge in [0.25, 0.3) is 0 Å². The van der Waals surface area contributed by atoms with E-state index in [0.717, 1.165) is 25.6 Å². The third-order valence-electron chi connectivity index (χ3n) is 4.40. The van der Waals surface area contributed by atoms with Crippen LogP contribution in [0.25, 0.3) is 0 Å². The molecule has 1 aliphatic heterocycles. The number of piperazine rings is 1. The molecule has 3 heteroatoms. The van der Waals surface area contributed by atoms with Gasteiger partial charge in [-0.1, -0.05) is 0 Å². The second kappa shape index (κ2) is 4.14. The van der Waals surface area contributed by atoms with E-state index in [1.807, 2.05) is 6.26 Å². The fraction of sp³-hybridized carbons (Fsp3) is 0.714. The van der Waals surface area contributed by atoms with Gasteiger partial charge in [0, 0.05) is 36.8 Å². The van der Waals surface area contributed by atoms with Crippen LogP contribution in [0.2, 0.25) is 0 Å². The molecule has 1 saturated heterocycles. The van der Waals surface area contributed by atoms with Crippen LogP contribution in [0.5, 0.6) is 0 Å². The maximum Gasteiger partial charge on any atom is 0.0947 e. The molecule has 1 aromatic heterocycles. The predicted octanol–water partition coefficient (Wildman–Crippen LogP) is 2.24. The zero-order valence-electron chi connectivity index (χ0n) is 10.8. The molecule has 1 aliphatic carbocycles. The molecular weight excluding hydrogens is 212 g/mol. The van der Waals surface area contributed by atoms with Crippen LogP contribution in [-0.4, -0.2) is 29.6 Å². The van der Waals surface area contributed by atoms with E-state index in [1.165, 1.54) is 18.4 Å². The van der Waals surface area contributed by atoms with Crippen molar-refractivity contribution in [2.75, 3.05) is 13.1 Å². The van der Waals surface area contributed by atoms with Crippen molar-refractivity contribution in [3.63, 3.8) is 0 Å². The van der Waals surface area contributed by atoms with Gasteiger partial charge in [-0.3, -0.25) is 4.90 Å². The highest BCUT2D eigenvalue weighted by molar-refractivity contribution is 5.08. The summed E-state index contributed by atoms with van der Waals surface area (Å²) in [7, 11) is 0. The van der Waals surface area contributed by atoms with Crippen molar-refractivity contribution >= 4 is 0 Å². The smallest absolute Gasteiger partial charge is 0.0947 e. The third kappa shape index (κ3) is 2.26. The van der Waals surface area contributed by atoms with Gasteiger partial charge in [-0.15, -0.1) is 0 Å². The topological polar surface area (TPSA) is 28.4 Å². The maximum absolute atomic E-state index is 5.16. The molecule has 2 atom stereocenters. The van der Waals surface area contributed by atoms with E-state index in [1.54, 1.807) is 6.26 Å². The molecule has 0 aromatic carbocycles. The highest BCUT2D eigenvalue weighted by atomic mass is 16.3. The normalized spacial score (nSPS) is 35.1. The first-order valence-electron chi connectivity index (χ1n) is 6.67. The Morgan fingerprint density at radius 2 is 2.35 bits per heavy atom. The van der Waals surface area contributed by atoms with Crippen molar-refractivity contribution in [2.24, 2.45) is 5.92 Å². The van der Waals surface area contributed by atoms with Crippen molar-refractivity contribution in [1.29, 1.82) is 0 Å². The van der Waals surface area contributed by atoms with Crippen LogP contribution in [0.1, 0.15) is 32.3 Å². The summed E-state index contributed by atoms with van der Waals surface area (Å²) in [6.45, 7) is 7.97. The summed E-state index contributed by atoms with van der Waals surface area (Å²) in [5.41, 5.74) is 1.62. The minimum atomic E-state index is 0.330. The molecule has 17 heavy (non-hydrogen) atoms. The van der Waals surface area contributed by atoms with Crippen LogP contribution in [0.15, 0.2) is 23.0 Å². The Labute approximate surface area is 103 Å². The lowest BCUT2D eigenvalue weighted by molar-refractivity contribution is 0.0769. The van der Waals surface area contributed by atoms with E-state index < -0.39 is 0 Å². The van der Waals surface area contributed by atoms with E-state index >= 15 is 0 Å². The number of rotatable bonds is 3. The Hall–Kier alpha value is -0.800. The van der Waals surface area contributed by atoms with E-state index in [2.05, 4.69) is 30.1 Å². The van der Waals surface area contributed by atoms with Crippen molar-refractivity contribution in [3.05, 3.63) is 24.2 Å². The lowest BCUT2D eigenvalue weighted by Gasteiger charge is -2.45. The number of hydrogen-bond acceptors (Lipinski definition) is 3. The monoisotopic (exact) mass is 234 g/mol. The highest BCUT2D eigenvalue weighted by Crippen LogP contribution is 2.41. The summed E-state index contributed by atoms with van der Waals surface area (Å²) in [6, 6.07) is 2.68. The minimum Gasteiger partial charge on any atom is -0.472 e. The molecule has 1 saturated carbocycles. The first-order chi connectivity index (χ1) is 8.17. The Kier molecular flexibility index (Phi) is 2.75. The minimum absolute atomic E-state index is 0.330. The highest BCUT2D eigenvalue weighted by Gasteiger charge is 2.45. The molecule has 0 amide bonds. The van der Waals surface area contributed by atoms with Crippen molar-refractivity contribution < 1.29 is 4.42 Å². The van der Waals surface area contributed by atoms with Gasteiger partial charge in [0.15, 0.2) is 0 Å². The van der Waals surface area contributed by atoms with Crippen LogP contribution in [0.4, 0.5) is 0 Å². The molecule has 1 aromatic rings. The van der Waals surface area contributed by atoms with Crippen molar-refractivity contribution in [3.8, 4) is 0 Å². The zero-order valence-corrected chi connectivity index (χ0v) is 10.8. The molecule has 2 aliphatic rings. The SMILES string of the molecule is CC1CNC(C)(C2CC2)CN1Cc1ccoc1. The van der Waals surface area contributed by atoms with Crippen LogP contribution in [-0.2, 0) is 6.54 Å². The second-order valence-electron chi connectivity index (χ2n) is 5.96. The van der Waals surface area contributed by atoms with Gasteiger partial charge in [0.1, 0.15) is 0 Å². The molecule has 2 fully saturated rings. The molecular formula is C14H22N2O. The summed E-state index contributed by atoms with van der Waals surface area (Å²) in [4.78, 5) is 2.58. The van der Waals surface area contributed by atoms with Gasteiger partial charge >= 0.3 is 0 Å². The van der Waals surface area contributed by atoms with Gasteiger partial charge in [-0.2, -0.15) is 0 Å². The van der Waals surface area contributed by atoms with E-state index in [-0.39, 0.29) is 0 Å². The molecule has 94 valence electrons. The van der Waals surface area contributed by atoms with Gasteiger partial charge in [-0.25, -0.2) is 0 Å². The number of furan rings is 1. The fourth-order valence-corrected chi connectivity index (χ4v) is 2.97. The Bertz CT molecular complexity index is 372. The van der Waals surface area contributed by atoms with Crippen molar-refractivity contribution in [1.82, 2.24) is 10.2 Å². The molecule has 2 unspecified atom stereocenters. The quantitative estimate of drug-likeness (QED) is 0.869. The lowest BCUT2D eigenvalue weighted by atomic mass is 9.91. The second-order valence-corrected chi connectivity index (χ2v) is 5.96. The summed E-state index contributed by atoms with van der Waals surface area (Å²) >= 11 is 0. The number of nitrogens with zero attached hydrogens (tertiary/aromatic N) is 1.